The van der Waals surface area contributed by atoms with E-state index in [2.05, 4.69) is 66.1 Å². The van der Waals surface area contributed by atoms with Crippen molar-refractivity contribution in [1.29, 1.82) is 0 Å². The number of esters is 1. The van der Waals surface area contributed by atoms with Gasteiger partial charge in [0.25, 0.3) is 0 Å². The fourth-order valence-corrected chi connectivity index (χ4v) is 8.95. The normalized spacial score (nSPS) is 39.6. The van der Waals surface area contributed by atoms with Crippen molar-refractivity contribution in [3.63, 3.8) is 0 Å². The molecule has 7 rings (SSSR count). The summed E-state index contributed by atoms with van der Waals surface area (Å²) < 4.78 is 12.7. The molecule has 38 heavy (non-hydrogen) atoms. The van der Waals surface area contributed by atoms with Gasteiger partial charge >= 0.3 is 5.97 Å². The highest BCUT2D eigenvalue weighted by Crippen LogP contribution is 2.70. The van der Waals surface area contributed by atoms with Crippen molar-refractivity contribution in [2.24, 2.45) is 23.2 Å². The zero-order valence-electron chi connectivity index (χ0n) is 22.5. The van der Waals surface area contributed by atoms with Gasteiger partial charge in [-0.2, -0.15) is 0 Å². The van der Waals surface area contributed by atoms with Crippen LogP contribution in [0.2, 0.25) is 5.02 Å². The lowest BCUT2D eigenvalue weighted by Crippen LogP contribution is -2.55. The van der Waals surface area contributed by atoms with E-state index in [9.17, 15) is 4.79 Å². The van der Waals surface area contributed by atoms with Crippen molar-refractivity contribution in [2.45, 2.75) is 63.4 Å². The van der Waals surface area contributed by atoms with Crippen LogP contribution in [0.3, 0.4) is 0 Å². The van der Waals surface area contributed by atoms with Crippen molar-refractivity contribution in [3.05, 3.63) is 70.7 Å². The molecule has 8 atom stereocenters. The van der Waals surface area contributed by atoms with Crippen LogP contribution in [0.15, 0.2) is 54.6 Å². The van der Waals surface area contributed by atoms with Crippen LogP contribution in [-0.4, -0.2) is 66.3 Å². The molecule has 1 spiro atoms. The molecule has 5 nitrogen and oxygen atoms in total. The van der Waals surface area contributed by atoms with E-state index >= 15 is 0 Å². The minimum absolute atomic E-state index is 0.00584. The Hall–Kier alpha value is -1.92. The van der Waals surface area contributed by atoms with Gasteiger partial charge in [0.05, 0.1) is 18.1 Å². The van der Waals surface area contributed by atoms with Gasteiger partial charge in [-0.25, -0.2) is 0 Å². The Labute approximate surface area is 231 Å². The quantitative estimate of drug-likeness (QED) is 0.370. The van der Waals surface area contributed by atoms with Crippen LogP contribution >= 0.6 is 11.6 Å². The van der Waals surface area contributed by atoms with Gasteiger partial charge in [-0.15, -0.1) is 0 Å². The number of ether oxygens (including phenoxy) is 2. The van der Waals surface area contributed by atoms with E-state index in [-0.39, 0.29) is 47.1 Å². The Balaban J connectivity index is 1.05. The number of benzene rings is 2. The number of hydrogen-bond donors (Lipinski definition) is 0. The fourth-order valence-electron chi connectivity index (χ4n) is 8.82. The van der Waals surface area contributed by atoms with Crippen LogP contribution in [0.4, 0.5) is 0 Å². The maximum Gasteiger partial charge on any atom is 0.311 e. The maximum atomic E-state index is 13.2. The summed E-state index contributed by atoms with van der Waals surface area (Å²) in [4.78, 5) is 18.3. The molecule has 3 saturated heterocycles. The van der Waals surface area contributed by atoms with E-state index < -0.39 is 0 Å². The summed E-state index contributed by atoms with van der Waals surface area (Å²) in [6, 6.07) is 19.2. The van der Waals surface area contributed by atoms with Gasteiger partial charge in [0.15, 0.2) is 0 Å². The highest BCUT2D eigenvalue weighted by atomic mass is 35.5. The number of epoxide rings is 1. The monoisotopic (exact) mass is 534 g/mol. The van der Waals surface area contributed by atoms with Crippen LogP contribution in [0.5, 0.6) is 0 Å². The molecule has 2 saturated carbocycles. The lowest BCUT2D eigenvalue weighted by atomic mass is 9.53. The molecule has 2 aliphatic carbocycles. The molecule has 5 fully saturated rings. The van der Waals surface area contributed by atoms with Crippen LogP contribution in [0.25, 0.3) is 0 Å². The van der Waals surface area contributed by atoms with Crippen molar-refractivity contribution >= 4 is 17.6 Å². The summed E-state index contributed by atoms with van der Waals surface area (Å²) in [5.74, 6) is 0.706. The summed E-state index contributed by atoms with van der Waals surface area (Å²) in [7, 11) is 0. The lowest BCUT2D eigenvalue weighted by molar-refractivity contribution is -0.146. The SMILES string of the molecule is CC1CCCC2(C)CC3OC(=O)C(CN4CCN(C(c5ccccc5)c5ccc(Cl)cc5)CC4)C3C3OC132. The Morgan fingerprint density at radius 1 is 1.03 bits per heavy atom. The third kappa shape index (κ3) is 3.88. The number of carbonyl (C=O) groups is 1. The summed E-state index contributed by atoms with van der Waals surface area (Å²) in [5.41, 5.74) is 2.68. The average molecular weight is 535 g/mol. The number of fused-ring (bicyclic) bond motifs is 2. The van der Waals surface area contributed by atoms with Crippen molar-refractivity contribution in [2.75, 3.05) is 32.7 Å². The molecule has 0 radical (unpaired) electrons. The smallest absolute Gasteiger partial charge is 0.311 e. The molecule has 0 bridgehead atoms. The molecule has 0 N–H and O–H groups in total. The number of carbonyl (C=O) groups excluding carboxylic acids is 1. The minimum Gasteiger partial charge on any atom is -0.462 e. The number of piperazine rings is 1. The first-order valence-corrected chi connectivity index (χ1v) is 14.9. The molecular formula is C32H39ClN2O3. The van der Waals surface area contributed by atoms with E-state index in [1.807, 2.05) is 12.1 Å². The molecule has 3 heterocycles. The van der Waals surface area contributed by atoms with Gasteiger partial charge in [0, 0.05) is 49.1 Å². The van der Waals surface area contributed by atoms with E-state index in [1.54, 1.807) is 0 Å². The zero-order valence-corrected chi connectivity index (χ0v) is 23.3. The summed E-state index contributed by atoms with van der Waals surface area (Å²) >= 11 is 6.21. The first-order chi connectivity index (χ1) is 18.4. The van der Waals surface area contributed by atoms with E-state index in [0.29, 0.717) is 5.92 Å². The molecule has 8 unspecified atom stereocenters. The third-order valence-corrected chi connectivity index (χ3v) is 11.0. The van der Waals surface area contributed by atoms with Crippen molar-refractivity contribution in [3.8, 4) is 0 Å². The van der Waals surface area contributed by atoms with E-state index in [1.165, 1.54) is 30.4 Å². The van der Waals surface area contributed by atoms with E-state index in [4.69, 9.17) is 21.1 Å². The molecule has 202 valence electrons. The van der Waals surface area contributed by atoms with Crippen LogP contribution < -0.4 is 0 Å². The number of halogens is 1. The van der Waals surface area contributed by atoms with Crippen LogP contribution in [-0.2, 0) is 14.3 Å². The van der Waals surface area contributed by atoms with Gasteiger partial charge in [-0.05, 0) is 48.4 Å². The topological polar surface area (TPSA) is 45.3 Å². The second-order valence-electron chi connectivity index (χ2n) is 12.8. The largest absolute Gasteiger partial charge is 0.462 e. The molecule has 2 aromatic rings. The van der Waals surface area contributed by atoms with Crippen LogP contribution in [0, 0.1) is 23.2 Å². The van der Waals surface area contributed by atoms with Gasteiger partial charge in [0.2, 0.25) is 0 Å². The second-order valence-corrected chi connectivity index (χ2v) is 13.2. The molecule has 2 aromatic carbocycles. The van der Waals surface area contributed by atoms with Crippen LogP contribution in [0.1, 0.15) is 56.7 Å². The maximum absolute atomic E-state index is 13.2. The first kappa shape index (κ1) is 25.1. The predicted molar refractivity (Wildman–Crippen MR) is 148 cm³/mol. The van der Waals surface area contributed by atoms with Gasteiger partial charge in [-0.1, -0.05) is 74.3 Å². The zero-order chi connectivity index (χ0) is 26.1. The predicted octanol–water partition coefficient (Wildman–Crippen LogP) is 5.57. The summed E-state index contributed by atoms with van der Waals surface area (Å²) in [5, 5.41) is 0.763. The third-order valence-electron chi connectivity index (χ3n) is 10.7. The van der Waals surface area contributed by atoms with Crippen molar-refractivity contribution in [1.82, 2.24) is 9.80 Å². The molecule has 0 amide bonds. The fraction of sp³-hybridized carbons (Fsp3) is 0.594. The summed E-state index contributed by atoms with van der Waals surface area (Å²) in [6.07, 6.45) is 4.87. The Morgan fingerprint density at radius 2 is 1.74 bits per heavy atom. The summed E-state index contributed by atoms with van der Waals surface area (Å²) in [6.45, 7) is 9.35. The molecule has 0 aromatic heterocycles. The van der Waals surface area contributed by atoms with Gasteiger partial charge in [-0.3, -0.25) is 14.6 Å². The second kappa shape index (κ2) is 9.33. The van der Waals surface area contributed by atoms with Crippen molar-refractivity contribution < 1.29 is 14.3 Å². The molecule has 6 heteroatoms. The Bertz CT molecular complexity index is 1180. The number of hydrogen-bond acceptors (Lipinski definition) is 5. The van der Waals surface area contributed by atoms with E-state index in [0.717, 1.165) is 44.2 Å². The Morgan fingerprint density at radius 3 is 2.47 bits per heavy atom. The lowest BCUT2D eigenvalue weighted by Gasteiger charge is -2.49. The highest BCUT2D eigenvalue weighted by Gasteiger charge is 2.78. The molecule has 3 aliphatic heterocycles. The van der Waals surface area contributed by atoms with Gasteiger partial charge < -0.3 is 9.47 Å². The number of rotatable bonds is 5. The minimum atomic E-state index is -0.0733. The number of nitrogens with zero attached hydrogens (tertiary/aromatic N) is 2. The molecule has 5 aliphatic rings. The highest BCUT2D eigenvalue weighted by molar-refractivity contribution is 6.30. The van der Waals surface area contributed by atoms with Gasteiger partial charge in [0.1, 0.15) is 11.7 Å². The molecular weight excluding hydrogens is 496 g/mol. The average Bonchev–Trinajstić information content (AvgIpc) is 3.61. The standard InChI is InChI=1S/C32H39ClN2O3/c1-21-7-6-14-31(2)19-26-27(29-32(21,31)38-29)25(30(36)37-26)20-34-15-17-35(18-16-34)28(22-8-4-3-5-9-22)23-10-12-24(33)13-11-23/h3-5,8-13,21,25-29H,6-7,14-20H2,1-2H3. The first-order valence-electron chi connectivity index (χ1n) is 14.5. The Kier molecular flexibility index (Phi) is 6.16.